The summed E-state index contributed by atoms with van der Waals surface area (Å²) in [6.45, 7) is 3.50. The molecule has 3 fully saturated rings. The number of rotatable bonds is 4. The summed E-state index contributed by atoms with van der Waals surface area (Å²) in [6, 6.07) is -0.212. The maximum Gasteiger partial charge on any atom is 0.242 e. The third-order valence-corrected chi connectivity index (χ3v) is 4.97. The van der Waals surface area contributed by atoms with Crippen molar-refractivity contribution in [1.29, 1.82) is 0 Å². The Hall–Kier alpha value is -0.810. The monoisotopic (exact) mass is 315 g/mol. The summed E-state index contributed by atoms with van der Waals surface area (Å²) in [5.74, 6) is 1.03. The van der Waals surface area contributed by atoms with Crippen LogP contribution in [0.5, 0.6) is 0 Å². The number of carbonyl (C=O) groups is 2. The van der Waals surface area contributed by atoms with Gasteiger partial charge < -0.3 is 15.5 Å². The summed E-state index contributed by atoms with van der Waals surface area (Å²) in [5.41, 5.74) is 0. The molecule has 2 amide bonds. The van der Waals surface area contributed by atoms with Crippen LogP contribution in [-0.4, -0.2) is 48.9 Å². The van der Waals surface area contributed by atoms with Gasteiger partial charge in [-0.25, -0.2) is 0 Å². The first-order chi connectivity index (χ1) is 9.75. The minimum atomic E-state index is -0.212. The molecule has 120 valence electrons. The second-order valence-corrected chi connectivity index (χ2v) is 6.44. The summed E-state index contributed by atoms with van der Waals surface area (Å²) in [4.78, 5) is 26.6. The highest BCUT2D eigenvalue weighted by Gasteiger charge is 2.37. The van der Waals surface area contributed by atoms with Crippen molar-refractivity contribution in [2.45, 2.75) is 44.6 Å². The Morgan fingerprint density at radius 3 is 2.43 bits per heavy atom. The third-order valence-electron chi connectivity index (χ3n) is 4.97. The van der Waals surface area contributed by atoms with Crippen molar-refractivity contribution in [3.63, 3.8) is 0 Å². The molecule has 0 spiro atoms. The van der Waals surface area contributed by atoms with Crippen molar-refractivity contribution >= 4 is 24.2 Å². The van der Waals surface area contributed by atoms with Gasteiger partial charge in [0.15, 0.2) is 0 Å². The quantitative estimate of drug-likeness (QED) is 0.811. The minimum absolute atomic E-state index is 0. The van der Waals surface area contributed by atoms with E-state index >= 15 is 0 Å². The summed E-state index contributed by atoms with van der Waals surface area (Å²) < 4.78 is 0. The molecule has 3 aliphatic rings. The molecule has 6 heteroatoms. The lowest BCUT2D eigenvalue weighted by Gasteiger charge is -2.30. The van der Waals surface area contributed by atoms with Gasteiger partial charge in [0, 0.05) is 38.0 Å². The van der Waals surface area contributed by atoms with Crippen molar-refractivity contribution in [1.82, 2.24) is 15.5 Å². The molecule has 5 nitrogen and oxygen atoms in total. The second-order valence-electron chi connectivity index (χ2n) is 6.44. The third kappa shape index (κ3) is 3.69. The molecule has 2 N–H and O–H groups in total. The van der Waals surface area contributed by atoms with Gasteiger partial charge in [-0.2, -0.15) is 0 Å². The van der Waals surface area contributed by atoms with Crippen LogP contribution < -0.4 is 10.6 Å². The number of likely N-dealkylation sites (tertiary alicyclic amines) is 1. The van der Waals surface area contributed by atoms with Gasteiger partial charge in [-0.15, -0.1) is 12.4 Å². The first-order valence-electron chi connectivity index (χ1n) is 8.04. The van der Waals surface area contributed by atoms with Gasteiger partial charge in [-0.3, -0.25) is 9.59 Å². The van der Waals surface area contributed by atoms with Gasteiger partial charge in [0.1, 0.15) is 6.04 Å². The van der Waals surface area contributed by atoms with Crippen molar-refractivity contribution in [2.75, 3.05) is 26.2 Å². The molecule has 1 atom stereocenters. The molecule has 0 aromatic carbocycles. The van der Waals surface area contributed by atoms with E-state index in [1.807, 2.05) is 4.90 Å². The number of hydrogen-bond acceptors (Lipinski definition) is 3. The van der Waals surface area contributed by atoms with E-state index in [1.165, 1.54) is 0 Å². The van der Waals surface area contributed by atoms with E-state index in [-0.39, 0.29) is 36.2 Å². The highest BCUT2D eigenvalue weighted by atomic mass is 35.5. The molecular formula is C15H26ClN3O2. The first kappa shape index (κ1) is 16.6. The fourth-order valence-electron chi connectivity index (χ4n) is 3.57. The van der Waals surface area contributed by atoms with Crippen molar-refractivity contribution in [3.05, 3.63) is 0 Å². The number of carbonyl (C=O) groups excluding carboxylic acids is 2. The first-order valence-corrected chi connectivity index (χ1v) is 8.04. The van der Waals surface area contributed by atoms with Crippen LogP contribution in [-0.2, 0) is 9.59 Å². The molecule has 1 unspecified atom stereocenters. The van der Waals surface area contributed by atoms with Crippen LogP contribution in [0.3, 0.4) is 0 Å². The van der Waals surface area contributed by atoms with Gasteiger partial charge in [-0.1, -0.05) is 12.8 Å². The molecule has 21 heavy (non-hydrogen) atoms. The lowest BCUT2D eigenvalue weighted by Crippen LogP contribution is -2.52. The number of nitrogens with zero attached hydrogens (tertiary/aromatic N) is 1. The zero-order valence-corrected chi connectivity index (χ0v) is 13.3. The molecule has 3 rings (SSSR count). The van der Waals surface area contributed by atoms with E-state index in [0.717, 1.165) is 64.7 Å². The van der Waals surface area contributed by atoms with Crippen molar-refractivity contribution < 1.29 is 9.59 Å². The van der Waals surface area contributed by atoms with Gasteiger partial charge in [0.25, 0.3) is 0 Å². The predicted molar refractivity (Wildman–Crippen MR) is 83.3 cm³/mol. The number of halogens is 1. The molecule has 1 saturated carbocycles. The Bertz CT molecular complexity index is 381. The Balaban J connectivity index is 0.00000161. The van der Waals surface area contributed by atoms with Crippen molar-refractivity contribution in [2.24, 2.45) is 11.8 Å². The van der Waals surface area contributed by atoms with Gasteiger partial charge >= 0.3 is 0 Å². The van der Waals surface area contributed by atoms with Crippen LogP contribution in [0.15, 0.2) is 0 Å². The highest BCUT2D eigenvalue weighted by molar-refractivity contribution is 5.89. The summed E-state index contributed by atoms with van der Waals surface area (Å²) >= 11 is 0. The Kier molecular flexibility index (Phi) is 5.88. The number of amides is 2. The van der Waals surface area contributed by atoms with Crippen LogP contribution in [0.25, 0.3) is 0 Å². The molecular weight excluding hydrogens is 290 g/mol. The Morgan fingerprint density at radius 1 is 1.10 bits per heavy atom. The average molecular weight is 316 g/mol. The molecule has 2 saturated heterocycles. The molecule has 2 heterocycles. The van der Waals surface area contributed by atoms with E-state index in [4.69, 9.17) is 0 Å². The smallest absolute Gasteiger partial charge is 0.242 e. The van der Waals surface area contributed by atoms with Gasteiger partial charge in [0.2, 0.25) is 11.8 Å². The molecule has 2 aliphatic heterocycles. The molecule has 0 radical (unpaired) electrons. The number of hydrogen-bond donors (Lipinski definition) is 2. The molecule has 0 bridgehead atoms. The lowest BCUT2D eigenvalue weighted by atomic mass is 10.0. The van der Waals surface area contributed by atoms with E-state index in [1.54, 1.807) is 0 Å². The van der Waals surface area contributed by atoms with E-state index < -0.39 is 0 Å². The van der Waals surface area contributed by atoms with Gasteiger partial charge in [-0.05, 0) is 25.7 Å². The Labute approximate surface area is 132 Å². The highest BCUT2D eigenvalue weighted by Crippen LogP contribution is 2.29. The summed E-state index contributed by atoms with van der Waals surface area (Å²) in [7, 11) is 0. The fraction of sp³-hybridized carbons (Fsp3) is 0.867. The second kappa shape index (κ2) is 7.45. The van der Waals surface area contributed by atoms with E-state index in [0.29, 0.717) is 5.92 Å². The van der Waals surface area contributed by atoms with E-state index in [9.17, 15) is 9.59 Å². The zero-order valence-electron chi connectivity index (χ0n) is 12.5. The largest absolute Gasteiger partial charge is 0.354 e. The molecule has 1 aliphatic carbocycles. The average Bonchev–Trinajstić information content (AvgIpc) is 3.07. The fourth-order valence-corrected chi connectivity index (χ4v) is 3.57. The van der Waals surface area contributed by atoms with Crippen molar-refractivity contribution in [3.8, 4) is 0 Å². The maximum atomic E-state index is 12.5. The van der Waals surface area contributed by atoms with Gasteiger partial charge in [0.05, 0.1) is 0 Å². The van der Waals surface area contributed by atoms with E-state index in [2.05, 4.69) is 10.6 Å². The maximum absolute atomic E-state index is 12.5. The zero-order chi connectivity index (χ0) is 13.9. The standard InChI is InChI=1S/C15H25N3O2.ClH/c19-14(17-10-11-8-16-9-11)13-6-3-7-18(13)15(20)12-4-1-2-5-12;/h11-13,16H,1-10H2,(H,17,19);1H. The lowest BCUT2D eigenvalue weighted by molar-refractivity contribution is -0.141. The van der Waals surface area contributed by atoms with Crippen LogP contribution >= 0.6 is 12.4 Å². The van der Waals surface area contributed by atoms with Crippen LogP contribution in [0, 0.1) is 11.8 Å². The normalized spacial score (nSPS) is 26.3. The number of nitrogens with one attached hydrogen (secondary N) is 2. The molecule has 0 aromatic heterocycles. The summed E-state index contributed by atoms with van der Waals surface area (Å²) in [6.07, 6.45) is 6.13. The van der Waals surface area contributed by atoms with Crippen LogP contribution in [0.2, 0.25) is 0 Å². The topological polar surface area (TPSA) is 61.4 Å². The van der Waals surface area contributed by atoms with Crippen LogP contribution in [0.1, 0.15) is 38.5 Å². The Morgan fingerprint density at radius 2 is 1.81 bits per heavy atom. The predicted octanol–water partition coefficient (Wildman–Crippen LogP) is 0.925. The minimum Gasteiger partial charge on any atom is -0.354 e. The summed E-state index contributed by atoms with van der Waals surface area (Å²) in [5, 5.41) is 6.23. The van der Waals surface area contributed by atoms with Crippen LogP contribution in [0.4, 0.5) is 0 Å². The SMILES string of the molecule is Cl.O=C(NCC1CNC1)C1CCCN1C(=O)C1CCCC1. The molecule has 0 aromatic rings.